The lowest BCUT2D eigenvalue weighted by Gasteiger charge is -2.26. The minimum atomic E-state index is 0.174. The van der Waals surface area contributed by atoms with Gasteiger partial charge in [-0.2, -0.15) is 0 Å². The summed E-state index contributed by atoms with van der Waals surface area (Å²) >= 11 is 5.24. The summed E-state index contributed by atoms with van der Waals surface area (Å²) in [5.41, 5.74) is 2.70. The van der Waals surface area contributed by atoms with Crippen molar-refractivity contribution in [2.75, 3.05) is 6.54 Å². The SMILES string of the molecule is CC(=O)N1CCc2c(csc2Br)C1. The maximum Gasteiger partial charge on any atom is 0.219 e. The number of amides is 1. The molecule has 4 heteroatoms. The Morgan fingerprint density at radius 2 is 2.46 bits per heavy atom. The van der Waals surface area contributed by atoms with Crippen molar-refractivity contribution in [3.63, 3.8) is 0 Å². The van der Waals surface area contributed by atoms with Crippen LogP contribution in [-0.4, -0.2) is 17.4 Å². The van der Waals surface area contributed by atoms with E-state index in [0.29, 0.717) is 0 Å². The van der Waals surface area contributed by atoms with Gasteiger partial charge in [-0.1, -0.05) is 0 Å². The van der Waals surface area contributed by atoms with Crippen molar-refractivity contribution in [1.29, 1.82) is 0 Å². The zero-order valence-electron chi connectivity index (χ0n) is 7.34. The van der Waals surface area contributed by atoms with Gasteiger partial charge in [0.1, 0.15) is 0 Å². The van der Waals surface area contributed by atoms with Gasteiger partial charge in [0.25, 0.3) is 0 Å². The normalized spacial score (nSPS) is 15.7. The fraction of sp³-hybridized carbons (Fsp3) is 0.444. The van der Waals surface area contributed by atoms with E-state index in [-0.39, 0.29) is 5.91 Å². The molecule has 2 nitrogen and oxygen atoms in total. The van der Waals surface area contributed by atoms with Gasteiger partial charge in [0, 0.05) is 20.0 Å². The Morgan fingerprint density at radius 3 is 3.15 bits per heavy atom. The third kappa shape index (κ3) is 1.65. The van der Waals surface area contributed by atoms with E-state index >= 15 is 0 Å². The fourth-order valence-electron chi connectivity index (χ4n) is 1.58. The van der Waals surface area contributed by atoms with Crippen LogP contribution in [0.2, 0.25) is 0 Å². The predicted octanol–water partition coefficient (Wildman–Crippen LogP) is 2.42. The van der Waals surface area contributed by atoms with Crippen LogP contribution in [0.15, 0.2) is 9.17 Å². The number of fused-ring (bicyclic) bond motifs is 1. The van der Waals surface area contributed by atoms with E-state index < -0.39 is 0 Å². The Kier molecular flexibility index (Phi) is 2.43. The van der Waals surface area contributed by atoms with Crippen LogP contribution in [0.1, 0.15) is 18.1 Å². The second-order valence-corrected chi connectivity index (χ2v) is 5.40. The van der Waals surface area contributed by atoms with E-state index in [1.54, 1.807) is 18.3 Å². The van der Waals surface area contributed by atoms with Gasteiger partial charge in [-0.3, -0.25) is 4.79 Å². The monoisotopic (exact) mass is 259 g/mol. The zero-order chi connectivity index (χ0) is 9.42. The summed E-state index contributed by atoms with van der Waals surface area (Å²) in [6.07, 6.45) is 0.985. The molecule has 70 valence electrons. The molecule has 0 bridgehead atoms. The van der Waals surface area contributed by atoms with Crippen molar-refractivity contribution in [3.05, 3.63) is 20.3 Å². The molecule has 0 aromatic carbocycles. The van der Waals surface area contributed by atoms with Crippen LogP contribution in [0.25, 0.3) is 0 Å². The molecule has 0 radical (unpaired) electrons. The molecule has 0 saturated carbocycles. The first-order valence-corrected chi connectivity index (χ1v) is 5.86. The predicted molar refractivity (Wildman–Crippen MR) is 56.8 cm³/mol. The van der Waals surface area contributed by atoms with Gasteiger partial charge < -0.3 is 4.90 Å². The number of halogens is 1. The first kappa shape index (κ1) is 9.21. The molecule has 2 heterocycles. The maximum atomic E-state index is 11.1. The molecule has 13 heavy (non-hydrogen) atoms. The third-order valence-corrected chi connectivity index (χ3v) is 4.26. The van der Waals surface area contributed by atoms with Crippen molar-refractivity contribution in [1.82, 2.24) is 4.90 Å². The average Bonchev–Trinajstić information content (AvgIpc) is 2.47. The van der Waals surface area contributed by atoms with Crippen molar-refractivity contribution in [2.24, 2.45) is 0 Å². The van der Waals surface area contributed by atoms with Crippen LogP contribution in [0.4, 0.5) is 0 Å². The zero-order valence-corrected chi connectivity index (χ0v) is 9.74. The highest BCUT2D eigenvalue weighted by Gasteiger charge is 2.20. The molecule has 0 N–H and O–H groups in total. The Hall–Kier alpha value is -0.350. The molecule has 1 aromatic rings. The number of nitrogens with zero attached hydrogens (tertiary/aromatic N) is 1. The summed E-state index contributed by atoms with van der Waals surface area (Å²) in [7, 11) is 0. The molecule has 1 aliphatic heterocycles. The number of hydrogen-bond donors (Lipinski definition) is 0. The van der Waals surface area contributed by atoms with E-state index in [4.69, 9.17) is 0 Å². The van der Waals surface area contributed by atoms with Crippen LogP contribution in [0.5, 0.6) is 0 Å². The molecule has 0 atom stereocenters. The summed E-state index contributed by atoms with van der Waals surface area (Å²) in [5, 5.41) is 2.13. The smallest absolute Gasteiger partial charge is 0.219 e. The van der Waals surface area contributed by atoms with E-state index in [2.05, 4.69) is 21.3 Å². The summed E-state index contributed by atoms with van der Waals surface area (Å²) in [5.74, 6) is 0.174. The lowest BCUT2D eigenvalue weighted by atomic mass is 10.1. The Labute approximate surface area is 89.7 Å². The minimum absolute atomic E-state index is 0.174. The molecular formula is C9H10BrNOS. The van der Waals surface area contributed by atoms with Crippen molar-refractivity contribution >= 4 is 33.2 Å². The number of carbonyl (C=O) groups excluding carboxylic acids is 1. The van der Waals surface area contributed by atoms with Crippen LogP contribution in [0.3, 0.4) is 0 Å². The molecule has 2 rings (SSSR count). The average molecular weight is 260 g/mol. The van der Waals surface area contributed by atoms with Crippen molar-refractivity contribution in [2.45, 2.75) is 19.9 Å². The minimum Gasteiger partial charge on any atom is -0.338 e. The van der Waals surface area contributed by atoms with Gasteiger partial charge in [-0.25, -0.2) is 0 Å². The standard InChI is InChI=1S/C9H10BrNOS/c1-6(12)11-3-2-8-7(4-11)5-13-9(8)10/h5H,2-4H2,1H3. The Balaban J connectivity index is 2.25. The van der Waals surface area contributed by atoms with Crippen molar-refractivity contribution in [3.8, 4) is 0 Å². The van der Waals surface area contributed by atoms with Crippen LogP contribution in [-0.2, 0) is 17.8 Å². The van der Waals surface area contributed by atoms with E-state index in [0.717, 1.165) is 19.5 Å². The number of hydrogen-bond acceptors (Lipinski definition) is 2. The van der Waals surface area contributed by atoms with Gasteiger partial charge in [0.05, 0.1) is 3.79 Å². The number of carbonyl (C=O) groups is 1. The Bertz CT molecular complexity index is 347. The van der Waals surface area contributed by atoms with Crippen LogP contribution >= 0.6 is 27.3 Å². The van der Waals surface area contributed by atoms with Crippen molar-refractivity contribution < 1.29 is 4.79 Å². The molecule has 1 amide bonds. The molecule has 1 aliphatic rings. The largest absolute Gasteiger partial charge is 0.338 e. The summed E-state index contributed by atoms with van der Waals surface area (Å²) in [6, 6.07) is 0. The summed E-state index contributed by atoms with van der Waals surface area (Å²) < 4.78 is 1.23. The Morgan fingerprint density at radius 1 is 1.69 bits per heavy atom. The van der Waals surface area contributed by atoms with Gasteiger partial charge in [-0.15, -0.1) is 11.3 Å². The van der Waals surface area contributed by atoms with Gasteiger partial charge in [0.15, 0.2) is 0 Å². The second kappa shape index (κ2) is 3.42. The summed E-state index contributed by atoms with van der Waals surface area (Å²) in [6.45, 7) is 3.27. The van der Waals surface area contributed by atoms with E-state index in [1.165, 1.54) is 14.9 Å². The number of thiophene rings is 1. The van der Waals surface area contributed by atoms with Gasteiger partial charge >= 0.3 is 0 Å². The lowest BCUT2D eigenvalue weighted by Crippen LogP contribution is -2.33. The van der Waals surface area contributed by atoms with Crippen LogP contribution < -0.4 is 0 Å². The number of rotatable bonds is 0. The molecule has 0 saturated heterocycles. The first-order valence-electron chi connectivity index (χ1n) is 4.18. The molecule has 0 aliphatic carbocycles. The highest BCUT2D eigenvalue weighted by Crippen LogP contribution is 2.32. The molecule has 1 aromatic heterocycles. The topological polar surface area (TPSA) is 20.3 Å². The first-order chi connectivity index (χ1) is 6.18. The molecular weight excluding hydrogens is 250 g/mol. The fourth-order valence-corrected chi connectivity index (χ4v) is 3.15. The van der Waals surface area contributed by atoms with Gasteiger partial charge in [0.2, 0.25) is 5.91 Å². The molecule has 0 unspecified atom stereocenters. The summed E-state index contributed by atoms with van der Waals surface area (Å²) in [4.78, 5) is 13.0. The van der Waals surface area contributed by atoms with Gasteiger partial charge in [-0.05, 0) is 38.9 Å². The quantitative estimate of drug-likeness (QED) is 0.701. The third-order valence-electron chi connectivity index (χ3n) is 2.37. The maximum absolute atomic E-state index is 11.1. The molecule has 0 spiro atoms. The second-order valence-electron chi connectivity index (χ2n) is 3.20. The van der Waals surface area contributed by atoms with E-state index in [9.17, 15) is 4.79 Å². The highest BCUT2D eigenvalue weighted by atomic mass is 79.9. The van der Waals surface area contributed by atoms with Crippen LogP contribution in [0, 0.1) is 0 Å². The van der Waals surface area contributed by atoms with E-state index in [1.807, 2.05) is 4.90 Å². The molecule has 0 fully saturated rings. The highest BCUT2D eigenvalue weighted by molar-refractivity contribution is 9.11. The lowest BCUT2D eigenvalue weighted by molar-refractivity contribution is -0.129.